The van der Waals surface area contributed by atoms with Crippen molar-refractivity contribution in [3.63, 3.8) is 0 Å². The fourth-order valence-corrected chi connectivity index (χ4v) is 2.23. The van der Waals surface area contributed by atoms with Gasteiger partial charge in [-0.05, 0) is 25.5 Å². The van der Waals surface area contributed by atoms with Crippen LogP contribution in [0.5, 0.6) is 0 Å². The number of benzene rings is 1. The van der Waals surface area contributed by atoms with Crippen LogP contribution in [0.25, 0.3) is 0 Å². The van der Waals surface area contributed by atoms with Gasteiger partial charge >= 0.3 is 0 Å². The van der Waals surface area contributed by atoms with Crippen LogP contribution in [0.4, 0.5) is 5.69 Å². The molecule has 1 amide bonds. The second kappa shape index (κ2) is 4.62. The standard InChI is InChI=1S/C14H18N2O/c1-11-9-12(10-15(2)3)14(17)16(11)13-7-5-4-6-8-13/h4-8,10-11H,9H2,1-3H3/b12-10+. The molecule has 0 bridgehead atoms. The van der Waals surface area contributed by atoms with Gasteiger partial charge in [-0.2, -0.15) is 0 Å². The first-order chi connectivity index (χ1) is 8.09. The van der Waals surface area contributed by atoms with Crippen LogP contribution in [0.2, 0.25) is 0 Å². The average molecular weight is 230 g/mol. The highest BCUT2D eigenvalue weighted by Gasteiger charge is 2.33. The van der Waals surface area contributed by atoms with Gasteiger partial charge in [0.2, 0.25) is 0 Å². The first-order valence-electron chi connectivity index (χ1n) is 5.85. The summed E-state index contributed by atoms with van der Waals surface area (Å²) in [5.74, 6) is 0.123. The molecule has 1 aliphatic rings. The number of carbonyl (C=O) groups is 1. The lowest BCUT2D eigenvalue weighted by Gasteiger charge is -2.20. The van der Waals surface area contributed by atoms with Crippen molar-refractivity contribution in [2.75, 3.05) is 19.0 Å². The zero-order valence-corrected chi connectivity index (χ0v) is 10.6. The summed E-state index contributed by atoms with van der Waals surface area (Å²) in [5, 5.41) is 0. The van der Waals surface area contributed by atoms with Gasteiger partial charge in [0.05, 0.1) is 0 Å². The summed E-state index contributed by atoms with van der Waals surface area (Å²) in [4.78, 5) is 16.1. The third kappa shape index (κ3) is 2.33. The minimum absolute atomic E-state index is 0.123. The molecule has 1 unspecified atom stereocenters. The van der Waals surface area contributed by atoms with Crippen molar-refractivity contribution in [3.8, 4) is 0 Å². The van der Waals surface area contributed by atoms with Gasteiger partial charge in [0.25, 0.3) is 5.91 Å². The first-order valence-corrected chi connectivity index (χ1v) is 5.85. The smallest absolute Gasteiger partial charge is 0.255 e. The Labute approximate surface area is 102 Å². The number of anilines is 1. The van der Waals surface area contributed by atoms with Crippen molar-refractivity contribution in [1.29, 1.82) is 0 Å². The highest BCUT2D eigenvalue weighted by atomic mass is 16.2. The monoisotopic (exact) mass is 230 g/mol. The second-order valence-electron chi connectivity index (χ2n) is 4.68. The van der Waals surface area contributed by atoms with Crippen LogP contribution in [-0.4, -0.2) is 30.9 Å². The van der Waals surface area contributed by atoms with Crippen molar-refractivity contribution < 1.29 is 4.79 Å². The number of amides is 1. The van der Waals surface area contributed by atoms with Crippen molar-refractivity contribution >= 4 is 11.6 Å². The molecule has 2 rings (SSSR count). The van der Waals surface area contributed by atoms with E-state index in [1.807, 2.05) is 60.4 Å². The summed E-state index contributed by atoms with van der Waals surface area (Å²) < 4.78 is 0. The van der Waals surface area contributed by atoms with Crippen LogP contribution in [0.1, 0.15) is 13.3 Å². The maximum Gasteiger partial charge on any atom is 0.255 e. The predicted octanol–water partition coefficient (Wildman–Crippen LogP) is 2.26. The number of rotatable bonds is 2. The molecule has 0 saturated carbocycles. The Morgan fingerprint density at radius 2 is 1.94 bits per heavy atom. The molecule has 3 nitrogen and oxygen atoms in total. The summed E-state index contributed by atoms with van der Waals surface area (Å²) >= 11 is 0. The molecule has 0 aliphatic carbocycles. The zero-order valence-electron chi connectivity index (χ0n) is 10.6. The fourth-order valence-electron chi connectivity index (χ4n) is 2.23. The number of hydrogen-bond donors (Lipinski definition) is 0. The van der Waals surface area contributed by atoms with Crippen LogP contribution >= 0.6 is 0 Å². The SMILES string of the molecule is CC1C/C(=C\N(C)C)C(=O)N1c1ccccc1. The molecule has 1 aromatic carbocycles. The van der Waals surface area contributed by atoms with E-state index in [9.17, 15) is 4.79 Å². The average Bonchev–Trinajstić information content (AvgIpc) is 2.54. The van der Waals surface area contributed by atoms with Crippen LogP contribution in [0, 0.1) is 0 Å². The van der Waals surface area contributed by atoms with E-state index in [4.69, 9.17) is 0 Å². The molecule has 1 aromatic rings. The van der Waals surface area contributed by atoms with Gasteiger partial charge in [0.1, 0.15) is 0 Å². The molecule has 3 heteroatoms. The topological polar surface area (TPSA) is 23.6 Å². The molecular formula is C14H18N2O. The third-order valence-corrected chi connectivity index (χ3v) is 2.90. The molecule has 0 aromatic heterocycles. The molecule has 1 saturated heterocycles. The molecule has 0 spiro atoms. The zero-order chi connectivity index (χ0) is 12.4. The third-order valence-electron chi connectivity index (χ3n) is 2.90. The minimum atomic E-state index is 0.123. The lowest BCUT2D eigenvalue weighted by molar-refractivity contribution is -0.114. The molecule has 0 radical (unpaired) electrons. The van der Waals surface area contributed by atoms with Gasteiger partial charge in [0, 0.05) is 37.6 Å². The number of carbonyl (C=O) groups excluding carboxylic acids is 1. The van der Waals surface area contributed by atoms with Crippen molar-refractivity contribution in [2.24, 2.45) is 0 Å². The number of hydrogen-bond acceptors (Lipinski definition) is 2. The Morgan fingerprint density at radius 1 is 1.29 bits per heavy atom. The molecular weight excluding hydrogens is 212 g/mol. The van der Waals surface area contributed by atoms with E-state index in [0.717, 1.165) is 17.7 Å². The molecule has 1 fully saturated rings. The first kappa shape index (κ1) is 11.7. The van der Waals surface area contributed by atoms with Crippen molar-refractivity contribution in [3.05, 3.63) is 42.1 Å². The van der Waals surface area contributed by atoms with Crippen LogP contribution in [0.15, 0.2) is 42.1 Å². The van der Waals surface area contributed by atoms with Crippen molar-refractivity contribution in [2.45, 2.75) is 19.4 Å². The number of para-hydroxylation sites is 1. The highest BCUT2D eigenvalue weighted by Crippen LogP contribution is 2.29. The Bertz CT molecular complexity index is 437. The summed E-state index contributed by atoms with van der Waals surface area (Å²) in [6.45, 7) is 2.08. The Balaban J connectivity index is 2.29. The highest BCUT2D eigenvalue weighted by molar-refractivity contribution is 6.08. The summed E-state index contributed by atoms with van der Waals surface area (Å²) in [5.41, 5.74) is 1.86. The summed E-state index contributed by atoms with van der Waals surface area (Å²) in [6.07, 6.45) is 2.73. The van der Waals surface area contributed by atoms with Crippen LogP contribution in [0.3, 0.4) is 0 Å². The predicted molar refractivity (Wildman–Crippen MR) is 69.8 cm³/mol. The van der Waals surface area contributed by atoms with Gasteiger partial charge < -0.3 is 9.80 Å². The summed E-state index contributed by atoms with van der Waals surface area (Å²) in [6, 6.07) is 10.1. The molecule has 1 atom stereocenters. The molecule has 0 N–H and O–H groups in total. The molecule has 17 heavy (non-hydrogen) atoms. The van der Waals surface area contributed by atoms with E-state index >= 15 is 0 Å². The maximum absolute atomic E-state index is 12.3. The molecule has 90 valence electrons. The largest absolute Gasteiger partial charge is 0.383 e. The van der Waals surface area contributed by atoms with E-state index in [1.54, 1.807) is 0 Å². The van der Waals surface area contributed by atoms with Gasteiger partial charge in [-0.3, -0.25) is 4.79 Å². The van der Waals surface area contributed by atoms with E-state index in [2.05, 4.69) is 6.92 Å². The maximum atomic E-state index is 12.3. The van der Waals surface area contributed by atoms with Gasteiger partial charge in [-0.25, -0.2) is 0 Å². The van der Waals surface area contributed by atoms with Gasteiger partial charge in [0.15, 0.2) is 0 Å². The Hall–Kier alpha value is -1.77. The Kier molecular flexibility index (Phi) is 3.18. The van der Waals surface area contributed by atoms with E-state index in [-0.39, 0.29) is 11.9 Å². The second-order valence-corrected chi connectivity index (χ2v) is 4.68. The van der Waals surface area contributed by atoms with Gasteiger partial charge in [-0.1, -0.05) is 18.2 Å². The number of nitrogens with zero attached hydrogens (tertiary/aromatic N) is 2. The summed E-state index contributed by atoms with van der Waals surface area (Å²) in [7, 11) is 3.88. The fraction of sp³-hybridized carbons (Fsp3) is 0.357. The molecule has 1 aliphatic heterocycles. The van der Waals surface area contributed by atoms with Crippen molar-refractivity contribution in [1.82, 2.24) is 4.90 Å². The minimum Gasteiger partial charge on any atom is -0.383 e. The van der Waals surface area contributed by atoms with Crippen LogP contribution < -0.4 is 4.90 Å². The van der Waals surface area contributed by atoms with E-state index in [1.165, 1.54) is 0 Å². The van der Waals surface area contributed by atoms with Gasteiger partial charge in [-0.15, -0.1) is 0 Å². The van der Waals surface area contributed by atoms with E-state index < -0.39 is 0 Å². The Morgan fingerprint density at radius 3 is 2.53 bits per heavy atom. The quantitative estimate of drug-likeness (QED) is 0.728. The molecule has 1 heterocycles. The normalized spacial score (nSPS) is 22.3. The lowest BCUT2D eigenvalue weighted by atomic mass is 10.2. The van der Waals surface area contributed by atoms with Crippen LogP contribution in [-0.2, 0) is 4.79 Å². The lowest BCUT2D eigenvalue weighted by Crippen LogP contribution is -2.30. The van der Waals surface area contributed by atoms with E-state index in [0.29, 0.717) is 0 Å².